The molecule has 0 N–H and O–H groups in total. The van der Waals surface area contributed by atoms with Gasteiger partial charge in [-0.15, -0.1) is 0 Å². The molecule has 150 valence electrons. The van der Waals surface area contributed by atoms with Crippen molar-refractivity contribution in [3.63, 3.8) is 0 Å². The van der Waals surface area contributed by atoms with Gasteiger partial charge in [-0.3, -0.25) is 4.52 Å². The van der Waals surface area contributed by atoms with E-state index < -0.39 is 26.6 Å². The SMILES string of the molecule is C=C(O[P+](=O)c1ccccc1)c1ccc(C(=O)OCC(=O)Oc2ccccc2)cc1. The Morgan fingerprint density at radius 3 is 2.00 bits per heavy atom. The van der Waals surface area contributed by atoms with E-state index in [0.717, 1.165) is 0 Å². The van der Waals surface area contributed by atoms with Crippen molar-refractivity contribution in [2.24, 2.45) is 0 Å². The van der Waals surface area contributed by atoms with Crippen molar-refractivity contribution in [2.45, 2.75) is 0 Å². The third kappa shape index (κ3) is 5.87. The first-order valence-electron chi connectivity index (χ1n) is 8.95. The molecule has 0 radical (unpaired) electrons. The number of carbonyl (C=O) groups is 2. The average Bonchev–Trinajstić information content (AvgIpc) is 2.78. The van der Waals surface area contributed by atoms with E-state index in [2.05, 4.69) is 6.58 Å². The Labute approximate surface area is 174 Å². The molecule has 0 saturated carbocycles. The molecule has 0 aliphatic rings. The van der Waals surface area contributed by atoms with E-state index in [1.165, 1.54) is 12.1 Å². The maximum atomic E-state index is 12.2. The Hall–Kier alpha value is -3.76. The first kappa shape index (κ1) is 21.0. The molecule has 0 heterocycles. The summed E-state index contributed by atoms with van der Waals surface area (Å²) in [5.41, 5.74) is 0.806. The van der Waals surface area contributed by atoms with E-state index in [1.807, 2.05) is 6.07 Å². The Kier molecular flexibility index (Phi) is 7.09. The monoisotopic (exact) mass is 421 g/mol. The molecule has 30 heavy (non-hydrogen) atoms. The maximum absolute atomic E-state index is 12.2. The van der Waals surface area contributed by atoms with Gasteiger partial charge in [0.25, 0.3) is 0 Å². The van der Waals surface area contributed by atoms with Crippen LogP contribution in [0.25, 0.3) is 5.76 Å². The molecule has 0 aliphatic carbocycles. The lowest BCUT2D eigenvalue weighted by Gasteiger charge is -2.06. The predicted octanol–water partition coefficient (Wildman–Crippen LogP) is 4.50. The largest absolute Gasteiger partial charge is 0.597 e. The maximum Gasteiger partial charge on any atom is 0.597 e. The number of hydrogen-bond acceptors (Lipinski definition) is 6. The van der Waals surface area contributed by atoms with Gasteiger partial charge in [0, 0.05) is 5.56 Å². The summed E-state index contributed by atoms with van der Waals surface area (Å²) in [6.45, 7) is 3.27. The highest BCUT2D eigenvalue weighted by atomic mass is 31.1. The minimum atomic E-state index is -2.09. The van der Waals surface area contributed by atoms with Crippen LogP contribution in [0.4, 0.5) is 0 Å². The van der Waals surface area contributed by atoms with Crippen LogP contribution in [0.5, 0.6) is 5.75 Å². The van der Waals surface area contributed by atoms with Gasteiger partial charge in [-0.05, 0) is 47.5 Å². The molecule has 3 aromatic carbocycles. The van der Waals surface area contributed by atoms with Crippen LogP contribution in [0.1, 0.15) is 15.9 Å². The van der Waals surface area contributed by atoms with Crippen molar-refractivity contribution in [1.82, 2.24) is 0 Å². The molecule has 0 fully saturated rings. The van der Waals surface area contributed by atoms with Crippen LogP contribution in [0.2, 0.25) is 0 Å². The van der Waals surface area contributed by atoms with Crippen molar-refractivity contribution < 1.29 is 28.2 Å². The summed E-state index contributed by atoms with van der Waals surface area (Å²) in [6.07, 6.45) is 0. The third-order valence-corrected chi connectivity index (χ3v) is 5.00. The van der Waals surface area contributed by atoms with Gasteiger partial charge >= 0.3 is 20.0 Å². The lowest BCUT2D eigenvalue weighted by atomic mass is 10.1. The van der Waals surface area contributed by atoms with E-state index in [0.29, 0.717) is 16.6 Å². The summed E-state index contributed by atoms with van der Waals surface area (Å²) in [6, 6.07) is 23.4. The second kappa shape index (κ2) is 10.1. The molecule has 0 bridgehead atoms. The third-order valence-electron chi connectivity index (χ3n) is 3.90. The van der Waals surface area contributed by atoms with Crippen molar-refractivity contribution >= 4 is 31.0 Å². The number of rotatable bonds is 8. The summed E-state index contributed by atoms with van der Waals surface area (Å²) >= 11 is 0. The highest BCUT2D eigenvalue weighted by Gasteiger charge is 2.24. The summed E-state index contributed by atoms with van der Waals surface area (Å²) in [4.78, 5) is 23.9. The number of para-hydroxylation sites is 1. The molecule has 3 rings (SSSR count). The molecule has 3 aromatic rings. The molecule has 1 atom stereocenters. The molecule has 0 spiro atoms. The zero-order chi connectivity index (χ0) is 21.3. The summed E-state index contributed by atoms with van der Waals surface area (Å²) < 4.78 is 27.6. The van der Waals surface area contributed by atoms with Gasteiger partial charge in [0.15, 0.2) is 12.4 Å². The second-order valence-electron chi connectivity index (χ2n) is 6.05. The molecular formula is C23H18O6P+. The molecule has 0 aromatic heterocycles. The minimum absolute atomic E-state index is 0.214. The van der Waals surface area contributed by atoms with E-state index in [9.17, 15) is 14.2 Å². The zero-order valence-corrected chi connectivity index (χ0v) is 16.8. The fourth-order valence-electron chi connectivity index (χ4n) is 2.40. The molecule has 0 aliphatic heterocycles. The predicted molar refractivity (Wildman–Crippen MR) is 113 cm³/mol. The topological polar surface area (TPSA) is 78.9 Å². The van der Waals surface area contributed by atoms with Crippen LogP contribution in [0.3, 0.4) is 0 Å². The number of ether oxygens (including phenoxy) is 2. The Balaban J connectivity index is 1.51. The summed E-state index contributed by atoms with van der Waals surface area (Å²) in [5, 5.41) is 0.552. The van der Waals surface area contributed by atoms with Crippen LogP contribution >= 0.6 is 8.03 Å². The molecule has 0 amide bonds. The molecule has 0 saturated heterocycles. The number of esters is 2. The Morgan fingerprint density at radius 2 is 1.37 bits per heavy atom. The quantitative estimate of drug-likeness (QED) is 0.231. The van der Waals surface area contributed by atoms with Gasteiger partial charge in [0.1, 0.15) is 5.75 Å². The lowest BCUT2D eigenvalue weighted by molar-refractivity contribution is -0.137. The van der Waals surface area contributed by atoms with Crippen LogP contribution in [-0.4, -0.2) is 18.5 Å². The molecule has 1 unspecified atom stereocenters. The van der Waals surface area contributed by atoms with Gasteiger partial charge < -0.3 is 9.47 Å². The first-order valence-corrected chi connectivity index (χ1v) is 10.1. The zero-order valence-electron chi connectivity index (χ0n) is 15.9. The Bertz CT molecular complexity index is 1050. The average molecular weight is 421 g/mol. The lowest BCUT2D eigenvalue weighted by Crippen LogP contribution is -2.18. The van der Waals surface area contributed by atoms with Crippen LogP contribution in [0.15, 0.2) is 91.5 Å². The first-order chi connectivity index (χ1) is 14.5. The minimum Gasteiger partial charge on any atom is -0.450 e. The highest BCUT2D eigenvalue weighted by Crippen LogP contribution is 2.29. The smallest absolute Gasteiger partial charge is 0.450 e. The standard InChI is InChI=1S/C23H18O6P/c1-17(29-30(26)21-10-6-3-7-11-21)18-12-14-19(15-13-18)23(25)27-16-22(24)28-20-8-4-2-5-9-20/h2-15H,1,16H2/q+1. The van der Waals surface area contributed by atoms with Crippen molar-refractivity contribution in [3.05, 3.63) is 103 Å². The van der Waals surface area contributed by atoms with E-state index in [-0.39, 0.29) is 11.3 Å². The molecule has 6 nitrogen and oxygen atoms in total. The van der Waals surface area contributed by atoms with Crippen LogP contribution in [0, 0.1) is 0 Å². The van der Waals surface area contributed by atoms with Gasteiger partial charge in [-0.2, -0.15) is 0 Å². The van der Waals surface area contributed by atoms with Crippen molar-refractivity contribution in [1.29, 1.82) is 0 Å². The number of benzene rings is 3. The summed E-state index contributed by atoms with van der Waals surface area (Å²) in [7, 11) is -2.09. The Morgan fingerprint density at radius 1 is 0.800 bits per heavy atom. The molecular weight excluding hydrogens is 403 g/mol. The number of hydrogen-bond donors (Lipinski definition) is 0. The van der Waals surface area contributed by atoms with E-state index >= 15 is 0 Å². The van der Waals surface area contributed by atoms with Crippen molar-refractivity contribution in [3.8, 4) is 5.75 Å². The fraction of sp³-hybridized carbons (Fsp3) is 0.0435. The van der Waals surface area contributed by atoms with Crippen LogP contribution < -0.4 is 10.0 Å². The number of carbonyl (C=O) groups excluding carboxylic acids is 2. The van der Waals surface area contributed by atoms with Gasteiger partial charge in [0.2, 0.25) is 5.30 Å². The van der Waals surface area contributed by atoms with E-state index in [4.69, 9.17) is 14.0 Å². The fourth-order valence-corrected chi connectivity index (χ4v) is 3.23. The second-order valence-corrected chi connectivity index (χ2v) is 7.26. The van der Waals surface area contributed by atoms with Gasteiger partial charge in [0.05, 0.1) is 5.56 Å². The highest BCUT2D eigenvalue weighted by molar-refractivity contribution is 7.48. The van der Waals surface area contributed by atoms with E-state index in [1.54, 1.807) is 66.7 Å². The van der Waals surface area contributed by atoms with Gasteiger partial charge in [-0.1, -0.05) is 48.5 Å². The van der Waals surface area contributed by atoms with Crippen molar-refractivity contribution in [2.75, 3.05) is 6.61 Å². The molecule has 7 heteroatoms. The normalized spacial score (nSPS) is 10.6. The van der Waals surface area contributed by atoms with Gasteiger partial charge in [-0.25, -0.2) is 9.59 Å². The summed E-state index contributed by atoms with van der Waals surface area (Å²) in [5.74, 6) is -0.771. The van der Waals surface area contributed by atoms with Crippen LogP contribution in [-0.2, 0) is 18.6 Å².